The van der Waals surface area contributed by atoms with Gasteiger partial charge in [-0.3, -0.25) is 0 Å². The minimum Gasteiger partial charge on any atom is -0.301 e. The van der Waals surface area contributed by atoms with E-state index in [0.717, 1.165) is 25.7 Å². The molecule has 0 unspecified atom stereocenters. The summed E-state index contributed by atoms with van der Waals surface area (Å²) in [6.45, 7) is 2.27. The molecule has 1 N–H and O–H groups in total. The Bertz CT molecular complexity index is 428. The molecule has 138 valence electrons. The molecule has 0 bridgehead atoms. The Balaban J connectivity index is 2.00. The molecule has 24 heavy (non-hydrogen) atoms. The molecule has 0 atom stereocenters. The van der Waals surface area contributed by atoms with Gasteiger partial charge in [-0.1, -0.05) is 58.3 Å². The van der Waals surface area contributed by atoms with Crippen LogP contribution >= 0.6 is 11.3 Å². The first-order chi connectivity index (χ1) is 11.8. The normalized spacial score (nSPS) is 10.9. The summed E-state index contributed by atoms with van der Waals surface area (Å²) in [5, 5.41) is 8.18. The quantitative estimate of drug-likeness (QED) is 0.221. The second-order valence-corrected chi connectivity index (χ2v) is 7.87. The lowest BCUT2D eigenvalue weighted by atomic mass is 10.1. The van der Waals surface area contributed by atoms with Gasteiger partial charge in [0.15, 0.2) is 0 Å². The molecule has 0 spiro atoms. The van der Waals surface area contributed by atoms with Crippen LogP contribution in [0.15, 0.2) is 12.1 Å². The Kier molecular flexibility index (Phi) is 12.8. The van der Waals surface area contributed by atoms with E-state index in [1.54, 1.807) is 0 Å². The van der Waals surface area contributed by atoms with E-state index in [1.165, 1.54) is 67.5 Å². The van der Waals surface area contributed by atoms with Crippen molar-refractivity contribution in [3.63, 3.8) is 0 Å². The van der Waals surface area contributed by atoms with Gasteiger partial charge in [0.25, 0.3) is 0 Å². The van der Waals surface area contributed by atoms with Crippen LogP contribution in [0.3, 0.4) is 0 Å². The number of carbonyl (C=O) groups excluding carboxylic acids is 1. The van der Waals surface area contributed by atoms with Crippen molar-refractivity contribution in [1.82, 2.24) is 0 Å². The van der Waals surface area contributed by atoms with Gasteiger partial charge in [0.05, 0.1) is 0 Å². The topological polar surface area (TPSA) is 46.5 Å². The Hall–Kier alpha value is -0.870. The fourth-order valence-electron chi connectivity index (χ4n) is 2.92. The summed E-state index contributed by atoms with van der Waals surface area (Å²) in [4.78, 5) is 17.4. The predicted octanol–water partition coefficient (Wildman–Crippen LogP) is 6.55. The first-order valence-electron chi connectivity index (χ1n) is 9.68. The average Bonchev–Trinajstić information content (AvgIpc) is 3.04. The van der Waals surface area contributed by atoms with Gasteiger partial charge in [-0.15, -0.1) is 11.3 Å². The van der Waals surface area contributed by atoms with Gasteiger partial charge in [0.1, 0.15) is 0 Å². The molecule has 1 rings (SSSR count). The number of rotatable bonds is 15. The monoisotopic (exact) mass is 354 g/mol. The van der Waals surface area contributed by atoms with Crippen LogP contribution in [-0.2, 0) is 22.5 Å². The number of aryl methyl sites for hydroxylation is 2. The van der Waals surface area contributed by atoms with Crippen LogP contribution in [0, 0.1) is 0 Å². The molecule has 0 saturated heterocycles. The minimum absolute atomic E-state index is 0.310. The summed E-state index contributed by atoms with van der Waals surface area (Å²) in [5.41, 5.74) is 0. The van der Waals surface area contributed by atoms with Crippen molar-refractivity contribution in [2.45, 2.75) is 96.8 Å². The third-order valence-corrected chi connectivity index (χ3v) is 5.60. The van der Waals surface area contributed by atoms with Crippen LogP contribution in [0.4, 0.5) is 0 Å². The zero-order valence-corrected chi connectivity index (χ0v) is 16.0. The SMILES string of the molecule is CCCCCCCCCCc1ccc(CCCCCC(=O)OO)s1. The Morgan fingerprint density at radius 3 is 1.92 bits per heavy atom. The summed E-state index contributed by atoms with van der Waals surface area (Å²) in [5.74, 6) is -0.529. The van der Waals surface area contributed by atoms with Crippen LogP contribution < -0.4 is 0 Å². The molecule has 0 aliphatic rings. The van der Waals surface area contributed by atoms with Gasteiger partial charge in [-0.05, 0) is 44.2 Å². The summed E-state index contributed by atoms with van der Waals surface area (Å²) in [7, 11) is 0. The predicted molar refractivity (Wildman–Crippen MR) is 102 cm³/mol. The molecule has 1 aromatic heterocycles. The fraction of sp³-hybridized carbons (Fsp3) is 0.750. The maximum Gasteiger partial charge on any atom is 0.342 e. The second-order valence-electron chi connectivity index (χ2n) is 6.62. The van der Waals surface area contributed by atoms with Crippen LogP contribution in [0.2, 0.25) is 0 Å². The molecule has 0 amide bonds. The van der Waals surface area contributed by atoms with E-state index in [0.29, 0.717) is 6.42 Å². The lowest BCUT2D eigenvalue weighted by Gasteiger charge is -2.01. The molecule has 0 radical (unpaired) electrons. The third-order valence-electron chi connectivity index (χ3n) is 4.40. The second kappa shape index (κ2) is 14.5. The highest BCUT2D eigenvalue weighted by Crippen LogP contribution is 2.21. The molecule has 0 aromatic carbocycles. The van der Waals surface area contributed by atoms with Gasteiger partial charge in [0.2, 0.25) is 0 Å². The summed E-state index contributed by atoms with van der Waals surface area (Å²) in [6.07, 6.45) is 16.5. The first-order valence-corrected chi connectivity index (χ1v) is 10.5. The largest absolute Gasteiger partial charge is 0.342 e. The van der Waals surface area contributed by atoms with E-state index < -0.39 is 5.97 Å². The van der Waals surface area contributed by atoms with E-state index >= 15 is 0 Å². The molecule has 1 aromatic rings. The number of unbranched alkanes of at least 4 members (excludes halogenated alkanes) is 9. The molecule has 0 fully saturated rings. The number of thiophene rings is 1. The molecule has 0 aliphatic carbocycles. The Morgan fingerprint density at radius 1 is 0.875 bits per heavy atom. The Labute approximate surface area is 151 Å². The number of hydrogen-bond donors (Lipinski definition) is 1. The van der Waals surface area contributed by atoms with Gasteiger partial charge < -0.3 is 4.89 Å². The molecule has 0 saturated carbocycles. The van der Waals surface area contributed by atoms with Crippen molar-refractivity contribution in [3.8, 4) is 0 Å². The van der Waals surface area contributed by atoms with Crippen molar-refractivity contribution in [1.29, 1.82) is 0 Å². The number of carbonyl (C=O) groups is 1. The van der Waals surface area contributed by atoms with E-state index in [2.05, 4.69) is 23.9 Å². The average molecular weight is 355 g/mol. The molecule has 1 heterocycles. The molecule has 0 aliphatic heterocycles. The standard InChI is InChI=1S/C20H34O3S/c1-2-3-4-5-6-7-8-10-13-18-16-17-19(24-18)14-11-9-12-15-20(21)23-22/h16-17,22H,2-15H2,1H3. The highest BCUT2D eigenvalue weighted by molar-refractivity contribution is 7.11. The van der Waals surface area contributed by atoms with E-state index in [9.17, 15) is 4.79 Å². The molecular weight excluding hydrogens is 320 g/mol. The van der Waals surface area contributed by atoms with Crippen LogP contribution in [0.5, 0.6) is 0 Å². The highest BCUT2D eigenvalue weighted by atomic mass is 32.1. The lowest BCUT2D eigenvalue weighted by Crippen LogP contribution is -1.99. The van der Waals surface area contributed by atoms with Crippen molar-refractivity contribution < 1.29 is 14.9 Å². The smallest absolute Gasteiger partial charge is 0.301 e. The van der Waals surface area contributed by atoms with Crippen LogP contribution in [-0.4, -0.2) is 11.2 Å². The molecule has 4 heteroatoms. The molecular formula is C20H34O3S. The van der Waals surface area contributed by atoms with Crippen molar-refractivity contribution >= 4 is 17.3 Å². The molecule has 3 nitrogen and oxygen atoms in total. The van der Waals surface area contributed by atoms with Crippen molar-refractivity contribution in [2.75, 3.05) is 0 Å². The minimum atomic E-state index is -0.529. The van der Waals surface area contributed by atoms with Gasteiger partial charge in [-0.2, -0.15) is 5.26 Å². The zero-order valence-electron chi connectivity index (χ0n) is 15.2. The first kappa shape index (κ1) is 21.2. The van der Waals surface area contributed by atoms with Gasteiger partial charge in [0, 0.05) is 16.2 Å². The summed E-state index contributed by atoms with van der Waals surface area (Å²) < 4.78 is 0. The lowest BCUT2D eigenvalue weighted by molar-refractivity contribution is -0.234. The summed E-state index contributed by atoms with van der Waals surface area (Å²) in [6, 6.07) is 4.54. The highest BCUT2D eigenvalue weighted by Gasteiger charge is 2.03. The van der Waals surface area contributed by atoms with Crippen LogP contribution in [0.25, 0.3) is 0 Å². The van der Waals surface area contributed by atoms with Gasteiger partial charge in [-0.25, -0.2) is 4.79 Å². The summed E-state index contributed by atoms with van der Waals surface area (Å²) >= 11 is 1.94. The third kappa shape index (κ3) is 10.8. The van der Waals surface area contributed by atoms with E-state index in [-0.39, 0.29) is 0 Å². The van der Waals surface area contributed by atoms with Crippen molar-refractivity contribution in [2.24, 2.45) is 0 Å². The Morgan fingerprint density at radius 2 is 1.38 bits per heavy atom. The van der Waals surface area contributed by atoms with Gasteiger partial charge >= 0.3 is 5.97 Å². The number of hydrogen-bond acceptors (Lipinski definition) is 4. The zero-order chi connectivity index (χ0) is 17.5. The van der Waals surface area contributed by atoms with Crippen molar-refractivity contribution in [3.05, 3.63) is 21.9 Å². The van der Waals surface area contributed by atoms with Crippen LogP contribution in [0.1, 0.15) is 93.7 Å². The van der Waals surface area contributed by atoms with E-state index in [4.69, 9.17) is 5.26 Å². The maximum absolute atomic E-state index is 10.8. The maximum atomic E-state index is 10.8. The van der Waals surface area contributed by atoms with E-state index in [1.807, 2.05) is 11.3 Å². The fourth-order valence-corrected chi connectivity index (χ4v) is 4.02.